The molecule has 0 aromatic heterocycles. The highest BCUT2D eigenvalue weighted by Crippen LogP contribution is 2.21. The van der Waals surface area contributed by atoms with Crippen LogP contribution in [0.25, 0.3) is 0 Å². The van der Waals surface area contributed by atoms with Crippen molar-refractivity contribution in [2.45, 2.75) is 6.10 Å². The molecule has 0 radical (unpaired) electrons. The molecular formula is C16H23N3O3. The van der Waals surface area contributed by atoms with E-state index in [2.05, 4.69) is 15.5 Å². The Hall–Kier alpha value is -1.63. The molecule has 3 N–H and O–H groups in total. The van der Waals surface area contributed by atoms with Crippen molar-refractivity contribution in [3.63, 3.8) is 0 Å². The minimum absolute atomic E-state index is 0.0822. The van der Waals surface area contributed by atoms with Crippen molar-refractivity contribution < 1.29 is 14.6 Å². The van der Waals surface area contributed by atoms with E-state index in [1.165, 1.54) is 0 Å². The van der Waals surface area contributed by atoms with Gasteiger partial charge in [-0.15, -0.1) is 0 Å². The minimum Gasteiger partial charge on any atom is -0.391 e. The van der Waals surface area contributed by atoms with Crippen LogP contribution >= 0.6 is 0 Å². The molecule has 1 amide bonds. The predicted molar refractivity (Wildman–Crippen MR) is 84.2 cm³/mol. The number of anilines is 1. The zero-order valence-electron chi connectivity index (χ0n) is 12.6. The normalized spacial score (nSPS) is 25.2. The van der Waals surface area contributed by atoms with Crippen molar-refractivity contribution in [1.29, 1.82) is 0 Å². The van der Waals surface area contributed by atoms with Crippen molar-refractivity contribution in [2.75, 3.05) is 50.8 Å². The maximum atomic E-state index is 12.5. The number of ether oxygens (including phenoxy) is 1. The molecule has 0 aliphatic carbocycles. The number of hydrogen-bond acceptors (Lipinski definition) is 5. The van der Waals surface area contributed by atoms with Gasteiger partial charge in [-0.1, -0.05) is 12.1 Å². The molecule has 2 heterocycles. The van der Waals surface area contributed by atoms with Gasteiger partial charge in [-0.2, -0.15) is 0 Å². The fourth-order valence-electron chi connectivity index (χ4n) is 2.99. The summed E-state index contributed by atoms with van der Waals surface area (Å²) in [7, 11) is 0. The molecule has 2 saturated heterocycles. The summed E-state index contributed by atoms with van der Waals surface area (Å²) in [5.41, 5.74) is 1.64. The average Bonchev–Trinajstić information content (AvgIpc) is 2.98. The molecule has 1 aromatic rings. The summed E-state index contributed by atoms with van der Waals surface area (Å²) in [5.74, 6) is 0.000640. The number of aliphatic hydroxyl groups is 1. The first-order chi connectivity index (χ1) is 10.8. The molecule has 2 aliphatic heterocycles. The zero-order valence-corrected chi connectivity index (χ0v) is 12.6. The van der Waals surface area contributed by atoms with Crippen molar-refractivity contribution >= 4 is 11.6 Å². The predicted octanol–water partition coefficient (Wildman–Crippen LogP) is -0.167. The van der Waals surface area contributed by atoms with E-state index in [1.807, 2.05) is 24.3 Å². The number of rotatable bonds is 4. The Morgan fingerprint density at radius 2 is 2.09 bits per heavy atom. The number of aliphatic hydroxyl groups excluding tert-OH is 1. The van der Waals surface area contributed by atoms with Gasteiger partial charge in [0.25, 0.3) is 5.91 Å². The molecule has 6 nitrogen and oxygen atoms in total. The number of morpholine rings is 1. The second kappa shape index (κ2) is 7.09. The van der Waals surface area contributed by atoms with Crippen molar-refractivity contribution in [3.8, 4) is 0 Å². The molecule has 1 aromatic carbocycles. The summed E-state index contributed by atoms with van der Waals surface area (Å²) in [4.78, 5) is 14.7. The van der Waals surface area contributed by atoms with Gasteiger partial charge in [0.15, 0.2) is 0 Å². The van der Waals surface area contributed by atoms with E-state index in [0.29, 0.717) is 31.9 Å². The van der Waals surface area contributed by atoms with Gasteiger partial charge >= 0.3 is 0 Å². The Morgan fingerprint density at radius 1 is 1.32 bits per heavy atom. The Kier molecular flexibility index (Phi) is 4.92. The van der Waals surface area contributed by atoms with Crippen LogP contribution in [0.1, 0.15) is 10.4 Å². The van der Waals surface area contributed by atoms with Crippen LogP contribution in [0, 0.1) is 5.92 Å². The third-order valence-electron chi connectivity index (χ3n) is 4.33. The topological polar surface area (TPSA) is 73.8 Å². The number of hydrogen-bond donors (Lipinski definition) is 3. The fraction of sp³-hybridized carbons (Fsp3) is 0.562. The van der Waals surface area contributed by atoms with Crippen LogP contribution in [0.15, 0.2) is 24.3 Å². The minimum atomic E-state index is -0.380. The molecule has 22 heavy (non-hydrogen) atoms. The van der Waals surface area contributed by atoms with Crippen molar-refractivity contribution in [3.05, 3.63) is 29.8 Å². The molecule has 0 spiro atoms. The van der Waals surface area contributed by atoms with Crippen molar-refractivity contribution in [2.24, 2.45) is 5.92 Å². The van der Waals surface area contributed by atoms with E-state index >= 15 is 0 Å². The third kappa shape index (κ3) is 3.40. The summed E-state index contributed by atoms with van der Waals surface area (Å²) in [5, 5.41) is 15.9. The second-order valence-electron chi connectivity index (χ2n) is 5.81. The van der Waals surface area contributed by atoms with E-state index in [4.69, 9.17) is 4.74 Å². The number of nitrogens with one attached hydrogen (secondary N) is 2. The smallest absolute Gasteiger partial charge is 0.253 e. The Labute approximate surface area is 130 Å². The van der Waals surface area contributed by atoms with E-state index in [0.717, 1.165) is 25.3 Å². The van der Waals surface area contributed by atoms with Gasteiger partial charge in [-0.25, -0.2) is 0 Å². The molecule has 6 heteroatoms. The summed E-state index contributed by atoms with van der Waals surface area (Å²) in [6.07, 6.45) is -0.380. The molecule has 0 saturated carbocycles. The second-order valence-corrected chi connectivity index (χ2v) is 5.81. The first-order valence-corrected chi connectivity index (χ1v) is 7.84. The molecule has 2 aliphatic rings. The molecule has 2 unspecified atom stereocenters. The SMILES string of the molecule is O=C(NCC1CNCC1O)c1ccccc1N1CCOCC1. The maximum Gasteiger partial charge on any atom is 0.253 e. The van der Waals surface area contributed by atoms with Gasteiger partial charge in [0.2, 0.25) is 0 Å². The highest BCUT2D eigenvalue weighted by Gasteiger charge is 2.26. The Morgan fingerprint density at radius 3 is 2.82 bits per heavy atom. The van der Waals surface area contributed by atoms with Crippen LogP contribution in [0.3, 0.4) is 0 Å². The Bertz CT molecular complexity index is 517. The lowest BCUT2D eigenvalue weighted by atomic mass is 10.1. The van der Waals surface area contributed by atoms with Gasteiger partial charge in [0.1, 0.15) is 0 Å². The molecule has 2 atom stereocenters. The summed E-state index contributed by atoms with van der Waals surface area (Å²) < 4.78 is 5.37. The van der Waals surface area contributed by atoms with Gasteiger partial charge < -0.3 is 25.4 Å². The quantitative estimate of drug-likeness (QED) is 0.720. The molecule has 0 bridgehead atoms. The van der Waals surface area contributed by atoms with E-state index in [1.54, 1.807) is 0 Å². The maximum absolute atomic E-state index is 12.5. The fourth-order valence-corrected chi connectivity index (χ4v) is 2.99. The van der Waals surface area contributed by atoms with Crippen LogP contribution in [0.2, 0.25) is 0 Å². The lowest BCUT2D eigenvalue weighted by Gasteiger charge is -2.30. The number of carbonyl (C=O) groups is 1. The van der Waals surface area contributed by atoms with E-state index in [-0.39, 0.29) is 17.9 Å². The molecule has 3 rings (SSSR count). The molecule has 120 valence electrons. The van der Waals surface area contributed by atoms with Crippen molar-refractivity contribution in [1.82, 2.24) is 10.6 Å². The first kappa shape index (κ1) is 15.3. The van der Waals surface area contributed by atoms with Gasteiger partial charge in [0.05, 0.1) is 24.9 Å². The highest BCUT2D eigenvalue weighted by atomic mass is 16.5. The van der Waals surface area contributed by atoms with Gasteiger partial charge in [0, 0.05) is 44.3 Å². The standard InChI is InChI=1S/C16H23N3O3/c20-15-11-17-9-12(15)10-18-16(21)13-3-1-2-4-14(13)19-5-7-22-8-6-19/h1-4,12,15,17,20H,5-11H2,(H,18,21). The van der Waals surface area contributed by atoms with Crippen LogP contribution in [-0.2, 0) is 4.74 Å². The van der Waals surface area contributed by atoms with Crippen LogP contribution in [-0.4, -0.2) is 63.1 Å². The van der Waals surface area contributed by atoms with Crippen LogP contribution in [0.4, 0.5) is 5.69 Å². The number of benzene rings is 1. The Balaban J connectivity index is 1.66. The zero-order chi connectivity index (χ0) is 15.4. The number of β-amino-alcohol motifs (C(OH)–C–C–N with tert-alkyl or cyclic N) is 1. The summed E-state index contributed by atoms with van der Waals surface area (Å²) in [6, 6.07) is 7.66. The lowest BCUT2D eigenvalue weighted by molar-refractivity contribution is 0.0925. The first-order valence-electron chi connectivity index (χ1n) is 7.84. The van der Waals surface area contributed by atoms with Gasteiger partial charge in [-0.05, 0) is 12.1 Å². The highest BCUT2D eigenvalue weighted by molar-refractivity contribution is 5.99. The lowest BCUT2D eigenvalue weighted by Crippen LogP contribution is -2.39. The number of nitrogens with zero attached hydrogens (tertiary/aromatic N) is 1. The van der Waals surface area contributed by atoms with Crippen LogP contribution in [0.5, 0.6) is 0 Å². The number of amides is 1. The third-order valence-corrected chi connectivity index (χ3v) is 4.33. The summed E-state index contributed by atoms with van der Waals surface area (Å²) in [6.45, 7) is 4.82. The number of carbonyl (C=O) groups excluding carboxylic acids is 1. The summed E-state index contributed by atoms with van der Waals surface area (Å²) >= 11 is 0. The van der Waals surface area contributed by atoms with E-state index in [9.17, 15) is 9.90 Å². The molecule has 2 fully saturated rings. The van der Waals surface area contributed by atoms with Gasteiger partial charge in [-0.3, -0.25) is 4.79 Å². The van der Waals surface area contributed by atoms with Crippen LogP contribution < -0.4 is 15.5 Å². The van der Waals surface area contributed by atoms with E-state index < -0.39 is 0 Å². The monoisotopic (exact) mass is 305 g/mol. The average molecular weight is 305 g/mol. The number of para-hydroxylation sites is 1. The largest absolute Gasteiger partial charge is 0.391 e. The molecular weight excluding hydrogens is 282 g/mol.